The molecule has 0 spiro atoms. The molecule has 1 heterocycles. The number of piperidine rings is 1. The normalized spacial score (nSPS) is 17.8. The van der Waals surface area contributed by atoms with Crippen LogP contribution >= 0.6 is 0 Å². The molecule has 7 heteroatoms. The topological polar surface area (TPSA) is 107 Å². The molecule has 1 rings (SSSR count). The summed E-state index contributed by atoms with van der Waals surface area (Å²) in [4.78, 5) is 34.8. The van der Waals surface area contributed by atoms with E-state index >= 15 is 0 Å². The molecule has 7 nitrogen and oxygen atoms in total. The summed E-state index contributed by atoms with van der Waals surface area (Å²) < 4.78 is 0. The Hall–Kier alpha value is -1.79. The van der Waals surface area contributed by atoms with Crippen LogP contribution in [0.25, 0.3) is 0 Å². The van der Waals surface area contributed by atoms with Crippen molar-refractivity contribution in [1.82, 2.24) is 10.2 Å². The third-order valence-electron chi connectivity index (χ3n) is 3.31. The van der Waals surface area contributed by atoms with Crippen LogP contribution in [0.15, 0.2) is 0 Å². The molecule has 0 aliphatic carbocycles. The number of amides is 2. The maximum Gasteiger partial charge on any atom is 0.326 e. The van der Waals surface area contributed by atoms with Gasteiger partial charge in [-0.2, -0.15) is 0 Å². The van der Waals surface area contributed by atoms with Gasteiger partial charge >= 0.3 is 18.0 Å². The lowest BCUT2D eigenvalue weighted by atomic mass is 9.99. The Balaban J connectivity index is 2.46. The van der Waals surface area contributed by atoms with Crippen LogP contribution in [0, 0.1) is 5.92 Å². The van der Waals surface area contributed by atoms with Crippen molar-refractivity contribution >= 4 is 18.0 Å². The van der Waals surface area contributed by atoms with Crippen molar-refractivity contribution in [3.05, 3.63) is 0 Å². The highest BCUT2D eigenvalue weighted by Gasteiger charge is 2.25. The van der Waals surface area contributed by atoms with Crippen LogP contribution in [0.1, 0.15) is 32.6 Å². The largest absolute Gasteiger partial charge is 0.481 e. The number of nitrogens with zero attached hydrogens (tertiary/aromatic N) is 1. The van der Waals surface area contributed by atoms with E-state index in [1.807, 2.05) is 0 Å². The van der Waals surface area contributed by atoms with Gasteiger partial charge in [-0.05, 0) is 25.2 Å². The first-order valence-electron chi connectivity index (χ1n) is 6.40. The van der Waals surface area contributed by atoms with Crippen LogP contribution in [0.3, 0.4) is 0 Å². The van der Waals surface area contributed by atoms with Crippen LogP contribution in [-0.2, 0) is 9.59 Å². The Morgan fingerprint density at radius 2 is 1.84 bits per heavy atom. The Morgan fingerprint density at radius 3 is 2.32 bits per heavy atom. The van der Waals surface area contributed by atoms with Crippen LogP contribution in [0.2, 0.25) is 0 Å². The molecular formula is C12H20N2O5. The molecule has 0 unspecified atom stereocenters. The number of likely N-dealkylation sites (tertiary alicyclic amines) is 1. The molecular weight excluding hydrogens is 252 g/mol. The molecule has 2 amide bonds. The molecule has 1 aliphatic rings. The van der Waals surface area contributed by atoms with Gasteiger partial charge in [0.15, 0.2) is 0 Å². The quantitative estimate of drug-likeness (QED) is 0.684. The van der Waals surface area contributed by atoms with Crippen molar-refractivity contribution < 1.29 is 24.6 Å². The van der Waals surface area contributed by atoms with Crippen molar-refractivity contribution in [1.29, 1.82) is 0 Å². The molecule has 108 valence electrons. The smallest absolute Gasteiger partial charge is 0.326 e. The molecule has 0 aromatic carbocycles. The lowest BCUT2D eigenvalue weighted by Crippen LogP contribution is -2.50. The number of carboxylic acids is 2. The molecule has 0 bridgehead atoms. The average Bonchev–Trinajstić information content (AvgIpc) is 2.34. The van der Waals surface area contributed by atoms with E-state index in [0.29, 0.717) is 19.0 Å². The van der Waals surface area contributed by atoms with Gasteiger partial charge in [-0.25, -0.2) is 9.59 Å². The molecule has 0 aromatic rings. The highest BCUT2D eigenvalue weighted by molar-refractivity contribution is 5.83. The van der Waals surface area contributed by atoms with Gasteiger partial charge < -0.3 is 20.4 Å². The fourth-order valence-electron chi connectivity index (χ4n) is 1.98. The minimum absolute atomic E-state index is 0.110. The summed E-state index contributed by atoms with van der Waals surface area (Å²) in [5.41, 5.74) is 0. The highest BCUT2D eigenvalue weighted by Crippen LogP contribution is 2.16. The third-order valence-corrected chi connectivity index (χ3v) is 3.31. The number of hydrogen-bond acceptors (Lipinski definition) is 3. The first-order chi connectivity index (χ1) is 8.90. The number of carboxylic acid groups (broad SMARTS) is 2. The first-order valence-corrected chi connectivity index (χ1v) is 6.40. The van der Waals surface area contributed by atoms with Gasteiger partial charge in [0.05, 0.1) is 0 Å². The molecule has 1 saturated heterocycles. The standard InChI is InChI=1S/C12H20N2O5/c1-8-4-6-14(7-5-8)12(19)13-9(11(17)18)2-3-10(15)16/h8-9H,2-7H2,1H3,(H,13,19)(H,15,16)(H,17,18)/t9-/m0/s1. The molecule has 0 radical (unpaired) electrons. The van der Waals surface area contributed by atoms with E-state index in [2.05, 4.69) is 12.2 Å². The summed E-state index contributed by atoms with van der Waals surface area (Å²) in [5, 5.41) is 19.9. The lowest BCUT2D eigenvalue weighted by Gasteiger charge is -2.31. The summed E-state index contributed by atoms with van der Waals surface area (Å²) in [6.07, 6.45) is 1.41. The lowest BCUT2D eigenvalue weighted by molar-refractivity contribution is -0.140. The van der Waals surface area contributed by atoms with E-state index in [9.17, 15) is 14.4 Å². The third kappa shape index (κ3) is 5.15. The van der Waals surface area contributed by atoms with E-state index in [4.69, 9.17) is 10.2 Å². The molecule has 0 saturated carbocycles. The summed E-state index contributed by atoms with van der Waals surface area (Å²) in [7, 11) is 0. The Kier molecular flexibility index (Phi) is 5.59. The zero-order chi connectivity index (χ0) is 14.4. The van der Waals surface area contributed by atoms with E-state index < -0.39 is 24.0 Å². The fourth-order valence-corrected chi connectivity index (χ4v) is 1.98. The van der Waals surface area contributed by atoms with Crippen LogP contribution in [0.5, 0.6) is 0 Å². The molecule has 1 fully saturated rings. The van der Waals surface area contributed by atoms with Crippen molar-refractivity contribution in [3.8, 4) is 0 Å². The molecule has 1 aliphatic heterocycles. The molecule has 1 atom stereocenters. The van der Waals surface area contributed by atoms with Crippen LogP contribution < -0.4 is 5.32 Å². The summed E-state index contributed by atoms with van der Waals surface area (Å²) in [5.74, 6) is -1.71. The van der Waals surface area contributed by atoms with E-state index in [1.54, 1.807) is 4.90 Å². The van der Waals surface area contributed by atoms with E-state index in [1.165, 1.54) is 0 Å². The van der Waals surface area contributed by atoms with Gasteiger partial charge in [0.25, 0.3) is 0 Å². The fraction of sp³-hybridized carbons (Fsp3) is 0.750. The number of hydrogen-bond donors (Lipinski definition) is 3. The number of carbonyl (C=O) groups is 3. The second-order valence-corrected chi connectivity index (χ2v) is 4.94. The van der Waals surface area contributed by atoms with E-state index in [-0.39, 0.29) is 12.8 Å². The van der Waals surface area contributed by atoms with Crippen molar-refractivity contribution in [2.75, 3.05) is 13.1 Å². The Bertz CT molecular complexity index is 350. The first kappa shape index (κ1) is 15.3. The minimum Gasteiger partial charge on any atom is -0.481 e. The molecule has 19 heavy (non-hydrogen) atoms. The van der Waals surface area contributed by atoms with Crippen molar-refractivity contribution in [2.24, 2.45) is 5.92 Å². The maximum atomic E-state index is 11.9. The summed E-state index contributed by atoms with van der Waals surface area (Å²) in [6, 6.07) is -1.58. The van der Waals surface area contributed by atoms with Gasteiger partial charge in [0, 0.05) is 19.5 Å². The van der Waals surface area contributed by atoms with Gasteiger partial charge in [-0.3, -0.25) is 4.79 Å². The van der Waals surface area contributed by atoms with E-state index in [0.717, 1.165) is 12.8 Å². The van der Waals surface area contributed by atoms with Crippen LogP contribution in [-0.4, -0.2) is 52.2 Å². The van der Waals surface area contributed by atoms with Gasteiger partial charge in [-0.15, -0.1) is 0 Å². The SMILES string of the molecule is CC1CCN(C(=O)N[C@@H](CCC(=O)O)C(=O)O)CC1. The van der Waals surface area contributed by atoms with Crippen LogP contribution in [0.4, 0.5) is 4.79 Å². The monoisotopic (exact) mass is 272 g/mol. The van der Waals surface area contributed by atoms with Gasteiger partial charge in [-0.1, -0.05) is 6.92 Å². The second-order valence-electron chi connectivity index (χ2n) is 4.94. The van der Waals surface area contributed by atoms with Crippen molar-refractivity contribution in [2.45, 2.75) is 38.6 Å². The predicted molar refractivity (Wildman–Crippen MR) is 66.8 cm³/mol. The summed E-state index contributed by atoms with van der Waals surface area (Å²) in [6.45, 7) is 3.33. The molecule has 3 N–H and O–H groups in total. The zero-order valence-corrected chi connectivity index (χ0v) is 11.0. The van der Waals surface area contributed by atoms with Crippen molar-refractivity contribution in [3.63, 3.8) is 0 Å². The molecule has 0 aromatic heterocycles. The number of nitrogens with one attached hydrogen (secondary N) is 1. The van der Waals surface area contributed by atoms with Gasteiger partial charge in [0.2, 0.25) is 0 Å². The Labute approximate surface area is 111 Å². The van der Waals surface area contributed by atoms with Gasteiger partial charge in [0.1, 0.15) is 6.04 Å². The second kappa shape index (κ2) is 6.96. The number of aliphatic carboxylic acids is 2. The predicted octanol–water partition coefficient (Wildman–Crippen LogP) is 0.746. The highest BCUT2D eigenvalue weighted by atomic mass is 16.4. The number of carbonyl (C=O) groups excluding carboxylic acids is 1. The maximum absolute atomic E-state index is 11.9. The Morgan fingerprint density at radius 1 is 1.26 bits per heavy atom. The minimum atomic E-state index is -1.21. The number of rotatable bonds is 5. The average molecular weight is 272 g/mol. The number of urea groups is 1. The summed E-state index contributed by atoms with van der Waals surface area (Å²) >= 11 is 0. The zero-order valence-electron chi connectivity index (χ0n) is 11.0.